The highest BCUT2D eigenvalue weighted by molar-refractivity contribution is 7.81. The number of benzene rings is 1. The maximum absolute atomic E-state index is 14.6. The Morgan fingerprint density at radius 3 is 2.07 bits per heavy atom. The van der Waals surface area contributed by atoms with Crippen LogP contribution < -0.4 is 10.6 Å². The lowest BCUT2D eigenvalue weighted by molar-refractivity contribution is -0.149. The van der Waals surface area contributed by atoms with Gasteiger partial charge in [0, 0.05) is 60.7 Å². The molecule has 1 aromatic rings. The summed E-state index contributed by atoms with van der Waals surface area (Å²) in [4.78, 5) is 112. The fraction of sp³-hybridized carbons (Fsp3) is 0.714. The Kier molecular flexibility index (Phi) is 22.8. The van der Waals surface area contributed by atoms with E-state index in [2.05, 4.69) is 23.3 Å². The number of imide groups is 1. The molecule has 2 fully saturated rings. The van der Waals surface area contributed by atoms with Crippen molar-refractivity contribution in [3.8, 4) is 0 Å². The van der Waals surface area contributed by atoms with E-state index in [9.17, 15) is 43.5 Å². The summed E-state index contributed by atoms with van der Waals surface area (Å²) >= 11 is 4.16. The van der Waals surface area contributed by atoms with Crippen LogP contribution in [0.1, 0.15) is 112 Å². The van der Waals surface area contributed by atoms with Crippen LogP contribution in [-0.2, 0) is 54.3 Å². The smallest absolute Gasteiger partial charge is 0.326 e. The lowest BCUT2D eigenvalue weighted by Gasteiger charge is -2.41. The number of amides is 7. The summed E-state index contributed by atoms with van der Waals surface area (Å²) in [6, 6.07) is 4.96. The van der Waals surface area contributed by atoms with Gasteiger partial charge in [-0.25, -0.2) is 4.79 Å². The Morgan fingerprint density at radius 2 is 1.54 bits per heavy atom. The molecular weight excluding hydrogens is 881 g/mol. The van der Waals surface area contributed by atoms with Crippen LogP contribution in [0.3, 0.4) is 0 Å². The lowest BCUT2D eigenvalue weighted by Crippen LogP contribution is -2.60. The molecule has 2 heterocycles. The van der Waals surface area contributed by atoms with Gasteiger partial charge < -0.3 is 39.9 Å². The number of ether oxygens (including phenoxy) is 2. The summed E-state index contributed by atoms with van der Waals surface area (Å²) in [7, 11) is 6.21. The van der Waals surface area contributed by atoms with Crippen molar-refractivity contribution < 1.29 is 52.9 Å². The number of aliphatic carboxylic acids is 1. The van der Waals surface area contributed by atoms with E-state index in [-0.39, 0.29) is 79.5 Å². The third-order valence-electron chi connectivity index (χ3n) is 13.6. The molecule has 0 spiro atoms. The minimum absolute atomic E-state index is 0.0829. The summed E-state index contributed by atoms with van der Waals surface area (Å²) in [5.74, 6) is -5.10. The first-order chi connectivity index (χ1) is 31.6. The third kappa shape index (κ3) is 15.2. The van der Waals surface area contributed by atoms with Gasteiger partial charge in [-0.15, -0.1) is 0 Å². The first-order valence-electron chi connectivity index (χ1n) is 23.9. The number of carbonyl (C=O) groups is 8. The van der Waals surface area contributed by atoms with Crippen LogP contribution in [0.15, 0.2) is 30.3 Å². The predicted molar refractivity (Wildman–Crippen MR) is 257 cm³/mol. The van der Waals surface area contributed by atoms with Crippen LogP contribution in [-0.4, -0.2) is 161 Å². The van der Waals surface area contributed by atoms with E-state index in [4.69, 9.17) is 9.47 Å². The normalized spacial score (nSPS) is 19.9. The molecule has 67 heavy (non-hydrogen) atoms. The zero-order valence-corrected chi connectivity index (χ0v) is 42.5. The third-order valence-corrected chi connectivity index (χ3v) is 14.0. The molecule has 2 saturated heterocycles. The zero-order chi connectivity index (χ0) is 50.3. The molecule has 10 atom stereocenters. The highest BCUT2D eigenvalue weighted by atomic mass is 32.1. The second-order valence-corrected chi connectivity index (χ2v) is 19.6. The van der Waals surface area contributed by atoms with Crippen molar-refractivity contribution in [1.29, 1.82) is 0 Å². The van der Waals surface area contributed by atoms with Gasteiger partial charge in [0.15, 0.2) is 0 Å². The molecule has 7 amide bonds. The number of carbonyl (C=O) groups excluding carboxylic acids is 7. The van der Waals surface area contributed by atoms with Crippen molar-refractivity contribution in [3.05, 3.63) is 35.9 Å². The van der Waals surface area contributed by atoms with Gasteiger partial charge >= 0.3 is 5.97 Å². The van der Waals surface area contributed by atoms with Crippen LogP contribution in [0.4, 0.5) is 0 Å². The van der Waals surface area contributed by atoms with Gasteiger partial charge in [-0.1, -0.05) is 91.6 Å². The second-order valence-electron chi connectivity index (χ2n) is 19.0. The highest BCUT2D eigenvalue weighted by Crippen LogP contribution is 2.30. The summed E-state index contributed by atoms with van der Waals surface area (Å²) < 4.78 is 11.9. The molecule has 0 aromatic heterocycles. The lowest BCUT2D eigenvalue weighted by atomic mass is 9.89. The SMILES string of the molecule is CC[C@H](C)[C@@H]([C@@H](CC(=O)N1CCC[C@H]1[C@H](OC)[C@@H](C)C(=O)NC(Cc1ccccc1)C(=O)O)OC)N(C)C(=O)[C@@H](NC(=O)C(C(C)C)N(C)C(=O)CCCCCN1C(=O)CC(S)C1=O)C(C)C. The topological polar surface area (TPSA) is 212 Å². The van der Waals surface area contributed by atoms with Crippen molar-refractivity contribution in [2.45, 2.75) is 160 Å². The molecule has 376 valence electrons. The molecule has 0 saturated carbocycles. The van der Waals surface area contributed by atoms with Gasteiger partial charge in [-0.3, -0.25) is 38.5 Å². The standard InChI is InChI=1S/C49H78N6O11S/c1-12-31(6)43(36(65-10)27-39(57)54-25-19-22-35(54)44(66-11)32(7)45(59)50-34(49(63)64)26-33-20-15-13-16-21-33)53(9)48(62)41(29(2)3)51-46(60)42(30(4)5)52(8)38(56)23-17-14-18-24-55-40(58)28-37(67)47(55)61/h13,15-16,20-21,29-32,34-37,41-44,67H,12,14,17-19,22-28H2,1-11H3,(H,50,59)(H,51,60)(H,63,64)/t31-,32+,34?,35-,36+,37?,41-,42?,43-,44+/m0/s1. The highest BCUT2D eigenvalue weighted by Gasteiger charge is 2.44. The quantitative estimate of drug-likeness (QED) is 0.0563. The largest absolute Gasteiger partial charge is 0.480 e. The number of methoxy groups -OCH3 is 2. The Bertz CT molecular complexity index is 1850. The van der Waals surface area contributed by atoms with Crippen molar-refractivity contribution in [2.24, 2.45) is 23.7 Å². The fourth-order valence-electron chi connectivity index (χ4n) is 9.51. The summed E-state index contributed by atoms with van der Waals surface area (Å²) in [6.07, 6.45) is 2.31. The van der Waals surface area contributed by atoms with E-state index >= 15 is 0 Å². The molecule has 0 radical (unpaired) electrons. The molecule has 3 N–H and O–H groups in total. The van der Waals surface area contributed by atoms with E-state index in [0.29, 0.717) is 45.1 Å². The van der Waals surface area contributed by atoms with Gasteiger partial charge in [0.25, 0.3) is 0 Å². The average molecular weight is 959 g/mol. The Labute approximate surface area is 403 Å². The van der Waals surface area contributed by atoms with Crippen LogP contribution >= 0.6 is 12.6 Å². The number of unbranched alkanes of at least 4 members (excludes halogenated alkanes) is 2. The Hall–Kier alpha value is -4.55. The number of likely N-dealkylation sites (tertiary alicyclic amines) is 2. The number of hydrogen-bond donors (Lipinski definition) is 4. The number of carboxylic acids is 1. The average Bonchev–Trinajstić information content (AvgIpc) is 3.87. The van der Waals surface area contributed by atoms with Crippen molar-refractivity contribution in [3.63, 3.8) is 0 Å². The number of hydrogen-bond acceptors (Lipinski definition) is 11. The summed E-state index contributed by atoms with van der Waals surface area (Å²) in [5.41, 5.74) is 0.762. The number of carboxylic acid groups (broad SMARTS) is 1. The molecule has 3 rings (SSSR count). The number of thiol groups is 1. The van der Waals surface area contributed by atoms with E-state index in [1.807, 2.05) is 47.6 Å². The van der Waals surface area contributed by atoms with Crippen molar-refractivity contribution in [1.82, 2.24) is 30.2 Å². The first kappa shape index (κ1) is 56.8. The van der Waals surface area contributed by atoms with E-state index in [0.717, 1.165) is 5.56 Å². The van der Waals surface area contributed by atoms with Crippen LogP contribution in [0, 0.1) is 23.7 Å². The minimum Gasteiger partial charge on any atom is -0.480 e. The van der Waals surface area contributed by atoms with Crippen LogP contribution in [0.25, 0.3) is 0 Å². The van der Waals surface area contributed by atoms with Gasteiger partial charge in [0.1, 0.15) is 18.1 Å². The van der Waals surface area contributed by atoms with Crippen molar-refractivity contribution in [2.75, 3.05) is 41.4 Å². The molecule has 2 aliphatic heterocycles. The number of rotatable bonds is 27. The summed E-state index contributed by atoms with van der Waals surface area (Å²) in [5, 5.41) is 15.0. The van der Waals surface area contributed by atoms with Crippen LogP contribution in [0.5, 0.6) is 0 Å². The second kappa shape index (κ2) is 26.9. The molecule has 1 aromatic carbocycles. The molecule has 18 heteroatoms. The molecular formula is C49H78N6O11S. The monoisotopic (exact) mass is 959 g/mol. The first-order valence-corrected chi connectivity index (χ1v) is 24.4. The van der Waals surface area contributed by atoms with Crippen LogP contribution in [0.2, 0.25) is 0 Å². The van der Waals surface area contributed by atoms with Gasteiger partial charge in [-0.2, -0.15) is 12.6 Å². The van der Waals surface area contributed by atoms with E-state index in [1.165, 1.54) is 24.0 Å². The molecule has 17 nitrogen and oxygen atoms in total. The number of nitrogens with one attached hydrogen (secondary N) is 2. The maximum atomic E-state index is 14.6. The molecule has 2 aliphatic rings. The van der Waals surface area contributed by atoms with Gasteiger partial charge in [-0.05, 0) is 49.0 Å². The molecule has 0 aliphatic carbocycles. The zero-order valence-electron chi connectivity index (χ0n) is 41.6. The van der Waals surface area contributed by atoms with Crippen molar-refractivity contribution >= 4 is 59.9 Å². The summed E-state index contributed by atoms with van der Waals surface area (Å²) in [6.45, 7) is 13.7. The Balaban J connectivity index is 1.71. The maximum Gasteiger partial charge on any atom is 0.326 e. The molecule has 3 unspecified atom stereocenters. The predicted octanol–water partition coefficient (Wildman–Crippen LogP) is 3.96. The fourth-order valence-corrected chi connectivity index (χ4v) is 9.81. The number of likely N-dealkylation sites (N-methyl/N-ethyl adjacent to an activating group) is 2. The Morgan fingerprint density at radius 1 is 0.881 bits per heavy atom. The van der Waals surface area contributed by atoms with Gasteiger partial charge in [0.05, 0.1) is 41.9 Å². The number of nitrogens with zero attached hydrogens (tertiary/aromatic N) is 4. The molecule has 0 bridgehead atoms. The van der Waals surface area contributed by atoms with E-state index < -0.39 is 71.4 Å². The minimum atomic E-state index is -1.16. The van der Waals surface area contributed by atoms with Gasteiger partial charge in [0.2, 0.25) is 41.4 Å². The van der Waals surface area contributed by atoms with E-state index in [1.54, 1.807) is 55.1 Å².